The van der Waals surface area contributed by atoms with Crippen LogP contribution in [0.3, 0.4) is 0 Å². The molecule has 1 atom stereocenters. The van der Waals surface area contributed by atoms with Crippen molar-refractivity contribution in [3.63, 3.8) is 0 Å². The number of rotatable bonds is 7. The predicted molar refractivity (Wildman–Crippen MR) is 80.2 cm³/mol. The lowest BCUT2D eigenvalue weighted by Crippen LogP contribution is -2.39. The fraction of sp³-hybridized carbons (Fsp3) is 0.500. The van der Waals surface area contributed by atoms with Crippen LogP contribution in [-0.4, -0.2) is 35.4 Å². The third kappa shape index (κ3) is 4.65. The van der Waals surface area contributed by atoms with Crippen molar-refractivity contribution in [2.24, 2.45) is 0 Å². The Morgan fingerprint density at radius 1 is 1.32 bits per heavy atom. The molecule has 1 unspecified atom stereocenters. The molecule has 0 saturated heterocycles. The number of carboxylic acid groups (broad SMARTS) is 1. The van der Waals surface area contributed by atoms with Crippen LogP contribution in [0.15, 0.2) is 18.2 Å². The van der Waals surface area contributed by atoms with E-state index < -0.39 is 23.6 Å². The SMILES string of the molecule is CCOC(=O)C(C)(C)Oc1ccc(OC(C)C(=O)O)cc1C. The third-order valence-corrected chi connectivity index (χ3v) is 2.94. The molecule has 122 valence electrons. The number of aryl methyl sites for hydroxylation is 1. The fourth-order valence-corrected chi connectivity index (χ4v) is 1.69. The van der Waals surface area contributed by atoms with E-state index in [0.29, 0.717) is 11.5 Å². The zero-order chi connectivity index (χ0) is 16.9. The summed E-state index contributed by atoms with van der Waals surface area (Å²) in [5, 5.41) is 8.83. The van der Waals surface area contributed by atoms with Crippen molar-refractivity contribution < 1.29 is 28.9 Å². The lowest BCUT2D eigenvalue weighted by Gasteiger charge is -2.25. The van der Waals surface area contributed by atoms with Gasteiger partial charge >= 0.3 is 11.9 Å². The summed E-state index contributed by atoms with van der Waals surface area (Å²) in [5.74, 6) is -0.558. The van der Waals surface area contributed by atoms with Gasteiger partial charge in [-0.3, -0.25) is 0 Å². The van der Waals surface area contributed by atoms with E-state index in [-0.39, 0.29) is 6.61 Å². The van der Waals surface area contributed by atoms with Gasteiger partial charge in [-0.15, -0.1) is 0 Å². The minimum Gasteiger partial charge on any atom is -0.479 e. The van der Waals surface area contributed by atoms with Crippen LogP contribution in [0.1, 0.15) is 33.3 Å². The minimum atomic E-state index is -1.11. The normalized spacial score (nSPS) is 12.4. The van der Waals surface area contributed by atoms with Crippen molar-refractivity contribution in [1.82, 2.24) is 0 Å². The summed E-state index contributed by atoms with van der Waals surface area (Å²) in [6.45, 7) is 8.50. The van der Waals surface area contributed by atoms with Crippen molar-refractivity contribution >= 4 is 11.9 Å². The Morgan fingerprint density at radius 2 is 1.95 bits per heavy atom. The summed E-state index contributed by atoms with van der Waals surface area (Å²) in [6, 6.07) is 4.90. The Balaban J connectivity index is 2.86. The molecule has 1 aromatic carbocycles. The number of aliphatic carboxylic acids is 1. The van der Waals surface area contributed by atoms with E-state index in [0.717, 1.165) is 5.56 Å². The maximum absolute atomic E-state index is 11.8. The molecule has 0 aliphatic heterocycles. The number of carboxylic acids is 1. The highest BCUT2D eigenvalue weighted by atomic mass is 16.6. The highest BCUT2D eigenvalue weighted by Crippen LogP contribution is 2.27. The number of hydrogen-bond donors (Lipinski definition) is 1. The quantitative estimate of drug-likeness (QED) is 0.779. The number of carbonyl (C=O) groups excluding carboxylic acids is 1. The standard InChI is InChI=1S/C16H22O6/c1-6-20-15(19)16(4,5)22-13-8-7-12(9-10(13)2)21-11(3)14(17)18/h7-9,11H,6H2,1-5H3,(H,17,18). The van der Waals surface area contributed by atoms with E-state index >= 15 is 0 Å². The van der Waals surface area contributed by atoms with Gasteiger partial charge in [0, 0.05) is 0 Å². The van der Waals surface area contributed by atoms with Gasteiger partial charge in [-0.2, -0.15) is 0 Å². The second-order valence-corrected chi connectivity index (χ2v) is 5.36. The third-order valence-electron chi connectivity index (χ3n) is 2.94. The summed E-state index contributed by atoms with van der Waals surface area (Å²) >= 11 is 0. The summed E-state index contributed by atoms with van der Waals surface area (Å²) < 4.78 is 16.0. The second-order valence-electron chi connectivity index (χ2n) is 5.36. The average molecular weight is 310 g/mol. The van der Waals surface area contributed by atoms with Gasteiger partial charge in [0.05, 0.1) is 6.61 Å². The van der Waals surface area contributed by atoms with Crippen LogP contribution in [-0.2, 0) is 14.3 Å². The molecule has 1 N–H and O–H groups in total. The van der Waals surface area contributed by atoms with Gasteiger partial charge in [0.1, 0.15) is 11.5 Å². The Bertz CT molecular complexity index is 550. The van der Waals surface area contributed by atoms with Gasteiger partial charge in [0.15, 0.2) is 11.7 Å². The maximum atomic E-state index is 11.8. The van der Waals surface area contributed by atoms with Crippen LogP contribution < -0.4 is 9.47 Å². The molecule has 0 saturated carbocycles. The van der Waals surface area contributed by atoms with E-state index in [2.05, 4.69) is 0 Å². The molecule has 0 fully saturated rings. The molecule has 0 aromatic heterocycles. The molecule has 6 nitrogen and oxygen atoms in total. The lowest BCUT2D eigenvalue weighted by molar-refractivity contribution is -0.158. The van der Waals surface area contributed by atoms with Crippen molar-refractivity contribution in [2.45, 2.75) is 46.3 Å². The number of carbonyl (C=O) groups is 2. The smallest absolute Gasteiger partial charge is 0.349 e. The highest BCUT2D eigenvalue weighted by Gasteiger charge is 2.32. The number of esters is 1. The molecule has 1 aromatic rings. The Kier molecular flexibility index (Phi) is 5.79. The summed E-state index contributed by atoms with van der Waals surface area (Å²) in [5.41, 5.74) is -0.384. The Hall–Kier alpha value is -2.24. The van der Waals surface area contributed by atoms with Crippen LogP contribution in [0, 0.1) is 6.92 Å². The van der Waals surface area contributed by atoms with Gasteiger partial charge in [0.2, 0.25) is 0 Å². The van der Waals surface area contributed by atoms with Gasteiger partial charge < -0.3 is 19.3 Å². The van der Waals surface area contributed by atoms with Gasteiger partial charge in [0.25, 0.3) is 0 Å². The van der Waals surface area contributed by atoms with Crippen LogP contribution in [0.5, 0.6) is 11.5 Å². The Labute approximate surface area is 130 Å². The van der Waals surface area contributed by atoms with Crippen molar-refractivity contribution in [3.05, 3.63) is 23.8 Å². The molecule has 6 heteroatoms. The predicted octanol–water partition coefficient (Wildman–Crippen LogP) is 2.57. The number of hydrogen-bond acceptors (Lipinski definition) is 5. The zero-order valence-electron chi connectivity index (χ0n) is 13.5. The summed E-state index contributed by atoms with van der Waals surface area (Å²) in [4.78, 5) is 22.6. The highest BCUT2D eigenvalue weighted by molar-refractivity contribution is 5.79. The molecular formula is C16H22O6. The van der Waals surface area contributed by atoms with Crippen LogP contribution >= 0.6 is 0 Å². The first-order valence-electron chi connectivity index (χ1n) is 7.03. The molecule has 22 heavy (non-hydrogen) atoms. The van der Waals surface area contributed by atoms with E-state index in [1.54, 1.807) is 45.9 Å². The van der Waals surface area contributed by atoms with E-state index in [4.69, 9.17) is 19.3 Å². The van der Waals surface area contributed by atoms with Gasteiger partial charge in [-0.1, -0.05) is 0 Å². The molecule has 1 rings (SSSR count). The molecule has 0 aliphatic rings. The lowest BCUT2D eigenvalue weighted by atomic mass is 10.1. The molecule has 0 bridgehead atoms. The van der Waals surface area contributed by atoms with Crippen molar-refractivity contribution in [3.8, 4) is 11.5 Å². The average Bonchev–Trinajstić information content (AvgIpc) is 2.41. The number of benzene rings is 1. The summed E-state index contributed by atoms with van der Waals surface area (Å²) in [7, 11) is 0. The van der Waals surface area contributed by atoms with Gasteiger partial charge in [-0.05, 0) is 58.4 Å². The van der Waals surface area contributed by atoms with Crippen LogP contribution in [0.25, 0.3) is 0 Å². The van der Waals surface area contributed by atoms with Gasteiger partial charge in [-0.25, -0.2) is 9.59 Å². The van der Waals surface area contributed by atoms with E-state index in [1.807, 2.05) is 0 Å². The minimum absolute atomic E-state index is 0.282. The van der Waals surface area contributed by atoms with E-state index in [9.17, 15) is 9.59 Å². The van der Waals surface area contributed by atoms with Crippen molar-refractivity contribution in [1.29, 1.82) is 0 Å². The molecule has 0 amide bonds. The van der Waals surface area contributed by atoms with E-state index in [1.165, 1.54) is 6.92 Å². The Morgan fingerprint density at radius 3 is 2.45 bits per heavy atom. The molecule has 0 radical (unpaired) electrons. The number of ether oxygens (including phenoxy) is 3. The first-order chi connectivity index (χ1) is 10.2. The van der Waals surface area contributed by atoms with Crippen LogP contribution in [0.4, 0.5) is 0 Å². The monoisotopic (exact) mass is 310 g/mol. The second kappa shape index (κ2) is 7.15. The maximum Gasteiger partial charge on any atom is 0.349 e. The largest absolute Gasteiger partial charge is 0.479 e. The first kappa shape index (κ1) is 17.8. The molecule has 0 spiro atoms. The topological polar surface area (TPSA) is 82.1 Å². The van der Waals surface area contributed by atoms with Crippen molar-refractivity contribution in [2.75, 3.05) is 6.61 Å². The zero-order valence-corrected chi connectivity index (χ0v) is 13.5. The fourth-order valence-electron chi connectivity index (χ4n) is 1.69. The molecule has 0 aliphatic carbocycles. The molecular weight excluding hydrogens is 288 g/mol. The first-order valence-corrected chi connectivity index (χ1v) is 7.03. The van der Waals surface area contributed by atoms with Crippen LogP contribution in [0.2, 0.25) is 0 Å². The molecule has 0 heterocycles. The summed E-state index contributed by atoms with van der Waals surface area (Å²) in [6.07, 6.45) is -0.942.